The minimum Gasteiger partial charge on any atom is -0.497 e. The third-order valence-corrected chi connectivity index (χ3v) is 4.07. The molecule has 0 atom stereocenters. The average Bonchev–Trinajstić information content (AvgIpc) is 2.79. The van der Waals surface area contributed by atoms with E-state index in [1.165, 1.54) is 11.3 Å². The van der Waals surface area contributed by atoms with E-state index < -0.39 is 0 Å². The van der Waals surface area contributed by atoms with Gasteiger partial charge in [0, 0.05) is 12.7 Å². The summed E-state index contributed by atoms with van der Waals surface area (Å²) in [5.74, 6) is 0.806. The Hall–Kier alpha value is -1.30. The van der Waals surface area contributed by atoms with E-state index in [1.54, 1.807) is 7.11 Å². The molecule has 0 saturated heterocycles. The van der Waals surface area contributed by atoms with Gasteiger partial charge in [-0.3, -0.25) is 0 Å². The van der Waals surface area contributed by atoms with Gasteiger partial charge >= 0.3 is 0 Å². The molecule has 0 bridgehead atoms. The van der Waals surface area contributed by atoms with E-state index in [0.717, 1.165) is 16.6 Å². The van der Waals surface area contributed by atoms with Crippen molar-refractivity contribution in [2.75, 3.05) is 19.1 Å². The summed E-state index contributed by atoms with van der Waals surface area (Å²) >= 11 is 7.29. The van der Waals surface area contributed by atoms with Gasteiger partial charge in [-0.15, -0.1) is 0 Å². The van der Waals surface area contributed by atoms with Gasteiger partial charge in [0.2, 0.25) is 0 Å². The van der Waals surface area contributed by atoms with Crippen molar-refractivity contribution in [2.24, 2.45) is 0 Å². The highest BCUT2D eigenvalue weighted by Crippen LogP contribution is 2.33. The van der Waals surface area contributed by atoms with Crippen LogP contribution >= 0.6 is 22.9 Å². The van der Waals surface area contributed by atoms with Gasteiger partial charge in [0.1, 0.15) is 10.9 Å². The van der Waals surface area contributed by atoms with Gasteiger partial charge in [0.25, 0.3) is 0 Å². The Kier molecular flexibility index (Phi) is 4.06. The van der Waals surface area contributed by atoms with E-state index in [1.807, 2.05) is 36.2 Å². The van der Waals surface area contributed by atoms with Gasteiger partial charge < -0.3 is 14.7 Å². The number of hydrogen-bond donors (Lipinski definition) is 1. The monoisotopic (exact) mass is 284 g/mol. The molecule has 0 fully saturated rings. The Labute approximate surface area is 114 Å². The molecule has 2 aromatic rings. The summed E-state index contributed by atoms with van der Waals surface area (Å²) in [4.78, 5) is 6.80. The molecule has 6 heteroatoms. The zero-order valence-corrected chi connectivity index (χ0v) is 11.6. The van der Waals surface area contributed by atoms with Crippen LogP contribution in [0.5, 0.6) is 5.75 Å². The highest BCUT2D eigenvalue weighted by molar-refractivity contribution is 7.16. The van der Waals surface area contributed by atoms with Gasteiger partial charge in [0.15, 0.2) is 5.13 Å². The average molecular weight is 285 g/mol. The minimum absolute atomic E-state index is 0.0903. The Balaban J connectivity index is 2.25. The van der Waals surface area contributed by atoms with Gasteiger partial charge in [0.05, 0.1) is 18.6 Å². The number of benzene rings is 1. The molecule has 0 aliphatic heterocycles. The number of halogens is 1. The summed E-state index contributed by atoms with van der Waals surface area (Å²) in [7, 11) is 3.53. The lowest BCUT2D eigenvalue weighted by molar-refractivity contribution is 0.285. The fraction of sp³-hybridized carbons (Fsp3) is 0.250. The normalized spacial score (nSPS) is 10.4. The molecule has 18 heavy (non-hydrogen) atoms. The molecule has 0 aliphatic rings. The van der Waals surface area contributed by atoms with Gasteiger partial charge in [-0.2, -0.15) is 0 Å². The van der Waals surface area contributed by atoms with Crippen molar-refractivity contribution in [1.82, 2.24) is 4.98 Å². The number of methoxy groups -OCH3 is 1. The highest BCUT2D eigenvalue weighted by atomic mass is 35.5. The number of aliphatic hydroxyl groups is 1. The van der Waals surface area contributed by atoms with Crippen molar-refractivity contribution in [2.45, 2.75) is 6.61 Å². The van der Waals surface area contributed by atoms with Crippen LogP contribution in [-0.2, 0) is 6.61 Å². The Morgan fingerprint density at radius 3 is 2.56 bits per heavy atom. The lowest BCUT2D eigenvalue weighted by atomic mass is 10.3. The lowest BCUT2D eigenvalue weighted by Gasteiger charge is -2.15. The number of rotatable bonds is 4. The quantitative estimate of drug-likeness (QED) is 0.937. The lowest BCUT2D eigenvalue weighted by Crippen LogP contribution is -2.08. The number of aromatic nitrogens is 1. The SMILES string of the molecule is COc1ccc(N(C)c2nc(Cl)c(CO)s2)cc1. The Morgan fingerprint density at radius 1 is 1.39 bits per heavy atom. The van der Waals surface area contributed by atoms with Crippen LogP contribution < -0.4 is 9.64 Å². The number of anilines is 2. The van der Waals surface area contributed by atoms with Crippen LogP contribution in [0.15, 0.2) is 24.3 Å². The molecule has 1 aromatic heterocycles. The second-order valence-corrected chi connectivity index (χ2v) is 5.05. The summed E-state index contributed by atoms with van der Waals surface area (Å²) in [5, 5.41) is 10.2. The van der Waals surface area contributed by atoms with E-state index in [-0.39, 0.29) is 6.61 Å². The molecule has 1 N–H and O–H groups in total. The van der Waals surface area contributed by atoms with E-state index in [2.05, 4.69) is 4.98 Å². The van der Waals surface area contributed by atoms with Gasteiger partial charge in [-0.25, -0.2) is 4.98 Å². The molecule has 2 rings (SSSR count). The molecular formula is C12H13ClN2O2S. The highest BCUT2D eigenvalue weighted by Gasteiger charge is 2.13. The molecule has 0 unspecified atom stereocenters. The maximum Gasteiger partial charge on any atom is 0.191 e. The Morgan fingerprint density at radius 2 is 2.06 bits per heavy atom. The number of hydrogen-bond acceptors (Lipinski definition) is 5. The molecule has 96 valence electrons. The molecule has 0 aliphatic carbocycles. The molecule has 0 saturated carbocycles. The molecule has 0 amide bonds. The summed E-state index contributed by atoms with van der Waals surface area (Å²) in [6.45, 7) is -0.0903. The topological polar surface area (TPSA) is 45.6 Å². The van der Waals surface area contributed by atoms with Crippen LogP contribution in [0.4, 0.5) is 10.8 Å². The number of nitrogens with zero attached hydrogens (tertiary/aromatic N) is 2. The van der Waals surface area contributed by atoms with Gasteiger partial charge in [-0.1, -0.05) is 22.9 Å². The van der Waals surface area contributed by atoms with Crippen molar-refractivity contribution in [3.05, 3.63) is 34.3 Å². The van der Waals surface area contributed by atoms with Crippen LogP contribution in [0.1, 0.15) is 4.88 Å². The first-order valence-electron chi connectivity index (χ1n) is 5.29. The fourth-order valence-corrected chi connectivity index (χ4v) is 2.58. The molecule has 0 radical (unpaired) electrons. The van der Waals surface area contributed by atoms with E-state index in [9.17, 15) is 0 Å². The minimum atomic E-state index is -0.0903. The van der Waals surface area contributed by atoms with Crippen molar-refractivity contribution >= 4 is 33.8 Å². The van der Waals surface area contributed by atoms with Crippen LogP contribution in [0.3, 0.4) is 0 Å². The van der Waals surface area contributed by atoms with E-state index in [4.69, 9.17) is 21.4 Å². The summed E-state index contributed by atoms with van der Waals surface area (Å²) in [6, 6.07) is 7.64. The largest absolute Gasteiger partial charge is 0.497 e. The smallest absolute Gasteiger partial charge is 0.191 e. The zero-order valence-electron chi connectivity index (χ0n) is 10.1. The van der Waals surface area contributed by atoms with Crippen molar-refractivity contribution < 1.29 is 9.84 Å². The molecule has 1 aromatic carbocycles. The van der Waals surface area contributed by atoms with Crippen LogP contribution in [0.25, 0.3) is 0 Å². The zero-order chi connectivity index (χ0) is 13.1. The summed E-state index contributed by atoms with van der Waals surface area (Å²) < 4.78 is 5.11. The predicted octanol–water partition coefficient (Wildman–Crippen LogP) is 3.07. The van der Waals surface area contributed by atoms with E-state index >= 15 is 0 Å². The molecule has 4 nitrogen and oxygen atoms in total. The third-order valence-electron chi connectivity index (χ3n) is 2.53. The predicted molar refractivity (Wildman–Crippen MR) is 74.1 cm³/mol. The first-order valence-corrected chi connectivity index (χ1v) is 6.49. The van der Waals surface area contributed by atoms with Crippen molar-refractivity contribution in [1.29, 1.82) is 0 Å². The second kappa shape index (κ2) is 5.56. The number of aliphatic hydroxyl groups excluding tert-OH is 1. The summed E-state index contributed by atoms with van der Waals surface area (Å²) in [6.07, 6.45) is 0. The molecule has 0 spiro atoms. The maximum absolute atomic E-state index is 9.10. The van der Waals surface area contributed by atoms with Crippen LogP contribution in [0, 0.1) is 0 Å². The first-order chi connectivity index (χ1) is 8.65. The fourth-order valence-electron chi connectivity index (χ4n) is 1.48. The van der Waals surface area contributed by atoms with Crippen LogP contribution in [-0.4, -0.2) is 24.2 Å². The second-order valence-electron chi connectivity index (χ2n) is 3.63. The first kappa shape index (κ1) is 13.1. The number of ether oxygens (including phenoxy) is 1. The number of thiazole rings is 1. The van der Waals surface area contributed by atoms with E-state index in [0.29, 0.717) is 10.0 Å². The van der Waals surface area contributed by atoms with Gasteiger partial charge in [-0.05, 0) is 24.3 Å². The van der Waals surface area contributed by atoms with Crippen molar-refractivity contribution in [3.8, 4) is 5.75 Å². The van der Waals surface area contributed by atoms with Crippen LogP contribution in [0.2, 0.25) is 5.15 Å². The standard InChI is InChI=1S/C12H13ClN2O2S/c1-15(8-3-5-9(17-2)6-4-8)12-14-11(13)10(7-16)18-12/h3-6,16H,7H2,1-2H3. The maximum atomic E-state index is 9.10. The van der Waals surface area contributed by atoms with Crippen molar-refractivity contribution in [3.63, 3.8) is 0 Å². The molecule has 1 heterocycles. The Bertz CT molecular complexity index is 527. The third kappa shape index (κ3) is 2.58. The molecular weight excluding hydrogens is 272 g/mol. The summed E-state index contributed by atoms with van der Waals surface area (Å²) in [5.41, 5.74) is 0.978.